The van der Waals surface area contributed by atoms with E-state index in [0.29, 0.717) is 5.92 Å². The summed E-state index contributed by atoms with van der Waals surface area (Å²) in [6, 6.07) is 4.62. The van der Waals surface area contributed by atoms with Gasteiger partial charge in [0.05, 0.1) is 24.0 Å². The van der Waals surface area contributed by atoms with Crippen LogP contribution in [0.5, 0.6) is 0 Å². The fraction of sp³-hybridized carbons (Fsp3) is 0.846. The Morgan fingerprint density at radius 3 is 1.73 bits per heavy atom. The van der Waals surface area contributed by atoms with E-state index in [1.165, 1.54) is 32.1 Å². The summed E-state index contributed by atoms with van der Waals surface area (Å²) in [4.78, 5) is 0. The monoisotopic (exact) mass is 202 g/mol. The molecule has 80 valence electrons. The Bertz CT molecular complexity index is 269. The molecule has 2 fully saturated rings. The number of hydrogen-bond acceptors (Lipinski definition) is 2. The summed E-state index contributed by atoms with van der Waals surface area (Å²) >= 11 is 0. The van der Waals surface area contributed by atoms with Gasteiger partial charge in [-0.1, -0.05) is 32.1 Å². The van der Waals surface area contributed by atoms with Gasteiger partial charge in [-0.3, -0.25) is 0 Å². The van der Waals surface area contributed by atoms with Gasteiger partial charge in [-0.05, 0) is 24.7 Å². The number of rotatable bonds is 1. The summed E-state index contributed by atoms with van der Waals surface area (Å²) in [7, 11) is 0. The van der Waals surface area contributed by atoms with Gasteiger partial charge in [0.1, 0.15) is 0 Å². The van der Waals surface area contributed by atoms with Crippen LogP contribution in [0, 0.1) is 46.3 Å². The van der Waals surface area contributed by atoms with E-state index in [4.69, 9.17) is 10.5 Å². The predicted molar refractivity (Wildman–Crippen MR) is 57.5 cm³/mol. The molecule has 0 aliphatic heterocycles. The van der Waals surface area contributed by atoms with E-state index in [0.717, 1.165) is 18.8 Å². The van der Waals surface area contributed by atoms with E-state index in [1.807, 2.05) is 0 Å². The molecule has 2 heteroatoms. The number of nitriles is 2. The van der Waals surface area contributed by atoms with Crippen LogP contribution in [0.25, 0.3) is 0 Å². The van der Waals surface area contributed by atoms with E-state index in [-0.39, 0.29) is 11.8 Å². The Kier molecular flexibility index (Phi) is 3.27. The molecule has 0 radical (unpaired) electrons. The van der Waals surface area contributed by atoms with Crippen molar-refractivity contribution in [3.8, 4) is 12.1 Å². The van der Waals surface area contributed by atoms with Crippen LogP contribution in [0.2, 0.25) is 0 Å². The third-order valence-electron chi connectivity index (χ3n) is 4.25. The van der Waals surface area contributed by atoms with Gasteiger partial charge in [0, 0.05) is 0 Å². The van der Waals surface area contributed by atoms with Gasteiger partial charge in [-0.15, -0.1) is 0 Å². The molecule has 0 aromatic heterocycles. The summed E-state index contributed by atoms with van der Waals surface area (Å²) < 4.78 is 0. The lowest BCUT2D eigenvalue weighted by Gasteiger charge is -2.27. The molecule has 0 spiro atoms. The average molecular weight is 202 g/mol. The van der Waals surface area contributed by atoms with E-state index >= 15 is 0 Å². The Morgan fingerprint density at radius 1 is 0.733 bits per heavy atom. The molecule has 2 unspecified atom stereocenters. The standard InChI is InChI=1S/C13H18N2/c14-8-12-6-11(7-13(12)9-15)10-4-2-1-3-5-10/h10-13H,1-7H2. The highest BCUT2D eigenvalue weighted by Crippen LogP contribution is 2.44. The molecule has 0 saturated heterocycles. The van der Waals surface area contributed by atoms with Crippen LogP contribution in [-0.2, 0) is 0 Å². The topological polar surface area (TPSA) is 47.6 Å². The molecule has 2 nitrogen and oxygen atoms in total. The van der Waals surface area contributed by atoms with Gasteiger partial charge < -0.3 is 0 Å². The number of hydrogen-bond donors (Lipinski definition) is 0. The van der Waals surface area contributed by atoms with Crippen molar-refractivity contribution in [2.75, 3.05) is 0 Å². The van der Waals surface area contributed by atoms with Crippen molar-refractivity contribution in [1.29, 1.82) is 10.5 Å². The SMILES string of the molecule is N#CC1CC(C2CCCCC2)CC1C#N. The van der Waals surface area contributed by atoms with E-state index < -0.39 is 0 Å². The summed E-state index contributed by atoms with van der Waals surface area (Å²) in [6.45, 7) is 0. The first-order valence-electron chi connectivity index (χ1n) is 6.14. The highest BCUT2D eigenvalue weighted by Gasteiger charge is 2.38. The third-order valence-corrected chi connectivity index (χ3v) is 4.25. The smallest absolute Gasteiger partial charge is 0.0669 e. The lowest BCUT2D eigenvalue weighted by atomic mass is 9.79. The van der Waals surface area contributed by atoms with Crippen LogP contribution in [0.3, 0.4) is 0 Å². The van der Waals surface area contributed by atoms with Crippen LogP contribution >= 0.6 is 0 Å². The highest BCUT2D eigenvalue weighted by atomic mass is 14.4. The Morgan fingerprint density at radius 2 is 1.27 bits per heavy atom. The minimum absolute atomic E-state index is 0.0157. The second kappa shape index (κ2) is 4.67. The summed E-state index contributed by atoms with van der Waals surface area (Å²) in [5, 5.41) is 18.0. The lowest BCUT2D eigenvalue weighted by molar-refractivity contribution is 0.248. The van der Waals surface area contributed by atoms with Crippen LogP contribution in [-0.4, -0.2) is 0 Å². The fourth-order valence-corrected chi connectivity index (χ4v) is 3.35. The molecule has 2 rings (SSSR count). The Balaban J connectivity index is 1.96. The van der Waals surface area contributed by atoms with Crippen LogP contribution in [0.4, 0.5) is 0 Å². The number of nitrogens with zero attached hydrogens (tertiary/aromatic N) is 2. The first-order valence-corrected chi connectivity index (χ1v) is 6.14. The van der Waals surface area contributed by atoms with E-state index in [9.17, 15) is 0 Å². The van der Waals surface area contributed by atoms with E-state index in [1.54, 1.807) is 0 Å². The molecule has 2 atom stereocenters. The summed E-state index contributed by atoms with van der Waals surface area (Å²) in [5.74, 6) is 1.51. The molecule has 15 heavy (non-hydrogen) atoms. The van der Waals surface area contributed by atoms with Crippen molar-refractivity contribution < 1.29 is 0 Å². The summed E-state index contributed by atoms with van der Waals surface area (Å²) in [5.41, 5.74) is 0. The van der Waals surface area contributed by atoms with Gasteiger partial charge in [-0.2, -0.15) is 10.5 Å². The van der Waals surface area contributed by atoms with Crippen molar-refractivity contribution >= 4 is 0 Å². The first-order chi connectivity index (χ1) is 7.35. The second-order valence-electron chi connectivity index (χ2n) is 5.10. The third kappa shape index (κ3) is 2.15. The van der Waals surface area contributed by atoms with Gasteiger partial charge in [0.15, 0.2) is 0 Å². The molecule has 0 N–H and O–H groups in total. The van der Waals surface area contributed by atoms with Crippen molar-refractivity contribution in [3.05, 3.63) is 0 Å². The molecular weight excluding hydrogens is 184 g/mol. The molecule has 0 bridgehead atoms. The molecule has 0 aromatic rings. The van der Waals surface area contributed by atoms with Crippen molar-refractivity contribution in [2.45, 2.75) is 44.9 Å². The zero-order valence-electron chi connectivity index (χ0n) is 9.15. The Hall–Kier alpha value is -1.02. The maximum atomic E-state index is 8.98. The molecular formula is C13H18N2. The van der Waals surface area contributed by atoms with Crippen LogP contribution < -0.4 is 0 Å². The molecule has 2 saturated carbocycles. The maximum absolute atomic E-state index is 8.98. The van der Waals surface area contributed by atoms with Crippen LogP contribution in [0.1, 0.15) is 44.9 Å². The van der Waals surface area contributed by atoms with Gasteiger partial charge in [-0.25, -0.2) is 0 Å². The van der Waals surface area contributed by atoms with E-state index in [2.05, 4.69) is 12.1 Å². The Labute approximate surface area is 91.9 Å². The maximum Gasteiger partial charge on any atom is 0.0669 e. The van der Waals surface area contributed by atoms with Gasteiger partial charge >= 0.3 is 0 Å². The van der Waals surface area contributed by atoms with Crippen molar-refractivity contribution in [1.82, 2.24) is 0 Å². The molecule has 0 amide bonds. The van der Waals surface area contributed by atoms with Crippen molar-refractivity contribution in [2.24, 2.45) is 23.7 Å². The molecule has 2 aliphatic rings. The zero-order chi connectivity index (χ0) is 10.7. The minimum Gasteiger partial charge on any atom is -0.198 e. The average Bonchev–Trinajstić information content (AvgIpc) is 2.73. The quantitative estimate of drug-likeness (QED) is 0.655. The van der Waals surface area contributed by atoms with Gasteiger partial charge in [0.2, 0.25) is 0 Å². The molecule has 0 aromatic carbocycles. The minimum atomic E-state index is 0.0157. The predicted octanol–water partition coefficient (Wildman–Crippen LogP) is 3.26. The second-order valence-corrected chi connectivity index (χ2v) is 5.10. The zero-order valence-corrected chi connectivity index (χ0v) is 9.15. The summed E-state index contributed by atoms with van der Waals surface area (Å²) in [6.07, 6.45) is 8.73. The van der Waals surface area contributed by atoms with Crippen LogP contribution in [0.15, 0.2) is 0 Å². The first kappa shape index (κ1) is 10.5. The molecule has 2 aliphatic carbocycles. The highest BCUT2D eigenvalue weighted by molar-refractivity contribution is 5.05. The van der Waals surface area contributed by atoms with Gasteiger partial charge in [0.25, 0.3) is 0 Å². The largest absolute Gasteiger partial charge is 0.198 e. The normalized spacial score (nSPS) is 37.1. The lowest BCUT2D eigenvalue weighted by Crippen LogP contribution is -2.15. The molecule has 0 heterocycles. The van der Waals surface area contributed by atoms with Crippen molar-refractivity contribution in [3.63, 3.8) is 0 Å². The fourth-order valence-electron chi connectivity index (χ4n) is 3.35.